The Kier molecular flexibility index (Phi) is 3.25. The lowest BCUT2D eigenvalue weighted by atomic mass is 10.2. The number of alkyl halides is 2. The lowest BCUT2D eigenvalue weighted by molar-refractivity contribution is 0.0595. The van der Waals surface area contributed by atoms with E-state index in [4.69, 9.17) is 0 Å². The number of carbonyl (C=O) groups excluding carboxylic acids is 1. The highest BCUT2D eigenvalue weighted by Crippen LogP contribution is 2.48. The molecule has 0 aliphatic heterocycles. The number of H-pyrrole nitrogens is 1. The summed E-state index contributed by atoms with van der Waals surface area (Å²) in [6, 6.07) is 0. The van der Waals surface area contributed by atoms with Crippen molar-refractivity contribution in [1.29, 1.82) is 0 Å². The molecule has 106 valence electrons. The number of hydrogen-bond donors (Lipinski definition) is 1. The Bertz CT molecular complexity index is 629. The third kappa shape index (κ3) is 2.20. The van der Waals surface area contributed by atoms with Gasteiger partial charge in [0.05, 0.1) is 18.9 Å². The van der Waals surface area contributed by atoms with Gasteiger partial charge in [-0.3, -0.25) is 5.10 Å². The summed E-state index contributed by atoms with van der Waals surface area (Å²) in [6.07, 6.45) is 0.619. The maximum atomic E-state index is 13.0. The van der Waals surface area contributed by atoms with E-state index < -0.39 is 12.4 Å². The molecule has 0 amide bonds. The van der Waals surface area contributed by atoms with E-state index in [0.717, 1.165) is 12.8 Å². The summed E-state index contributed by atoms with van der Waals surface area (Å²) in [5.74, 6) is -0.419. The van der Waals surface area contributed by atoms with E-state index in [1.54, 1.807) is 0 Å². The average molecular weight is 299 g/mol. The van der Waals surface area contributed by atoms with Gasteiger partial charge in [0, 0.05) is 4.88 Å². The molecule has 1 aliphatic carbocycles. The predicted octanol–water partition coefficient (Wildman–Crippen LogP) is 3.13. The number of hydrogen-bond acceptors (Lipinski definition) is 5. The van der Waals surface area contributed by atoms with Gasteiger partial charge >= 0.3 is 5.97 Å². The van der Waals surface area contributed by atoms with Gasteiger partial charge in [-0.15, -0.1) is 11.3 Å². The Labute approximate surface area is 117 Å². The zero-order valence-electron chi connectivity index (χ0n) is 10.5. The summed E-state index contributed by atoms with van der Waals surface area (Å²) in [5.41, 5.74) is 0.351. The molecule has 1 N–H and O–H groups in total. The topological polar surface area (TPSA) is 67.9 Å². The van der Waals surface area contributed by atoms with Gasteiger partial charge in [0.2, 0.25) is 0 Å². The predicted molar refractivity (Wildman–Crippen MR) is 68.0 cm³/mol. The third-order valence-electron chi connectivity index (χ3n) is 3.10. The van der Waals surface area contributed by atoms with E-state index in [0.29, 0.717) is 15.4 Å². The molecule has 0 aromatic carbocycles. The number of methoxy groups -OCH3 is 1. The van der Waals surface area contributed by atoms with Crippen LogP contribution in [0.3, 0.4) is 0 Å². The zero-order valence-corrected chi connectivity index (χ0v) is 11.3. The van der Waals surface area contributed by atoms with Crippen LogP contribution in [0.1, 0.15) is 46.2 Å². The molecule has 8 heteroatoms. The van der Waals surface area contributed by atoms with Gasteiger partial charge in [-0.05, 0) is 18.8 Å². The molecule has 2 heterocycles. The van der Waals surface area contributed by atoms with Crippen molar-refractivity contribution in [2.45, 2.75) is 25.2 Å². The molecule has 2 aromatic heterocycles. The molecule has 5 nitrogen and oxygen atoms in total. The summed E-state index contributed by atoms with van der Waals surface area (Å²) in [4.78, 5) is 16.2. The molecule has 0 spiro atoms. The number of aromatic nitrogens is 3. The number of aromatic amines is 1. The fraction of sp³-hybridized carbons (Fsp3) is 0.417. The van der Waals surface area contributed by atoms with Crippen molar-refractivity contribution in [2.75, 3.05) is 7.11 Å². The number of ether oxygens (including phenoxy) is 1. The maximum Gasteiger partial charge on any atom is 0.356 e. The van der Waals surface area contributed by atoms with Crippen LogP contribution in [0.5, 0.6) is 0 Å². The van der Waals surface area contributed by atoms with Gasteiger partial charge < -0.3 is 4.74 Å². The van der Waals surface area contributed by atoms with Gasteiger partial charge in [-0.2, -0.15) is 5.10 Å². The minimum atomic E-state index is -2.61. The van der Waals surface area contributed by atoms with Crippen molar-refractivity contribution in [3.63, 3.8) is 0 Å². The fourth-order valence-corrected chi connectivity index (χ4v) is 3.22. The number of esters is 1. The molecular formula is C12H11F2N3O2S. The Balaban J connectivity index is 2.04. The second-order valence-electron chi connectivity index (χ2n) is 4.49. The molecule has 3 rings (SSSR count). The largest absolute Gasteiger partial charge is 0.464 e. The fourth-order valence-electron chi connectivity index (χ4n) is 1.96. The van der Waals surface area contributed by atoms with Gasteiger partial charge in [0.15, 0.2) is 5.69 Å². The van der Waals surface area contributed by atoms with E-state index >= 15 is 0 Å². The highest BCUT2D eigenvalue weighted by Gasteiger charge is 2.33. The highest BCUT2D eigenvalue weighted by molar-refractivity contribution is 7.15. The van der Waals surface area contributed by atoms with Crippen LogP contribution >= 0.6 is 11.3 Å². The second kappa shape index (κ2) is 4.93. The Hall–Kier alpha value is -1.83. The normalized spacial score (nSPS) is 14.8. The molecule has 0 atom stereocenters. The van der Waals surface area contributed by atoms with Crippen molar-refractivity contribution in [3.05, 3.63) is 22.5 Å². The molecule has 0 bridgehead atoms. The number of nitrogens with one attached hydrogen (secondary N) is 1. The molecule has 2 aromatic rings. The minimum Gasteiger partial charge on any atom is -0.464 e. The van der Waals surface area contributed by atoms with Crippen LogP contribution in [0.25, 0.3) is 10.6 Å². The monoisotopic (exact) mass is 299 g/mol. The molecule has 1 saturated carbocycles. The first-order chi connectivity index (χ1) is 9.61. The summed E-state index contributed by atoms with van der Waals surface area (Å²) < 4.78 is 30.7. The van der Waals surface area contributed by atoms with Gasteiger partial charge in [-0.25, -0.2) is 18.6 Å². The molecule has 1 fully saturated rings. The van der Waals surface area contributed by atoms with E-state index in [2.05, 4.69) is 19.9 Å². The zero-order chi connectivity index (χ0) is 14.3. The average Bonchev–Trinajstić information content (AvgIpc) is 3.00. The van der Waals surface area contributed by atoms with Crippen LogP contribution in [-0.2, 0) is 4.74 Å². The molecule has 1 aliphatic rings. The summed E-state index contributed by atoms with van der Waals surface area (Å²) >= 11 is 1.20. The van der Waals surface area contributed by atoms with Crippen LogP contribution in [0.15, 0.2) is 6.20 Å². The number of carbonyl (C=O) groups is 1. The third-order valence-corrected chi connectivity index (χ3v) is 4.36. The Morgan fingerprint density at radius 1 is 1.55 bits per heavy atom. The second-order valence-corrected chi connectivity index (χ2v) is 5.52. The molecule has 0 radical (unpaired) electrons. The van der Waals surface area contributed by atoms with Crippen LogP contribution in [-0.4, -0.2) is 28.3 Å². The standard InChI is InChI=1S/C12H11F2N3O2S/c1-19-12(18)7-6(4-15-17-7)11-16-8(10(13)14)9(20-11)5-2-3-5/h4-5,10H,2-3H2,1H3,(H,15,17). The smallest absolute Gasteiger partial charge is 0.356 e. The van der Waals surface area contributed by atoms with E-state index in [-0.39, 0.29) is 17.3 Å². The molecular weight excluding hydrogens is 288 g/mol. The van der Waals surface area contributed by atoms with Crippen molar-refractivity contribution in [3.8, 4) is 10.6 Å². The molecule has 20 heavy (non-hydrogen) atoms. The first-order valence-corrected chi connectivity index (χ1v) is 6.84. The van der Waals surface area contributed by atoms with Gasteiger partial charge in [0.25, 0.3) is 6.43 Å². The maximum absolute atomic E-state index is 13.0. The summed E-state index contributed by atoms with van der Waals surface area (Å²) in [5, 5.41) is 6.65. The minimum absolute atomic E-state index is 0.129. The van der Waals surface area contributed by atoms with Crippen LogP contribution in [0.2, 0.25) is 0 Å². The number of thiazole rings is 1. The lowest BCUT2D eigenvalue weighted by Gasteiger charge is -1.97. The van der Waals surface area contributed by atoms with Crippen molar-refractivity contribution in [1.82, 2.24) is 15.2 Å². The Morgan fingerprint density at radius 2 is 2.30 bits per heavy atom. The Morgan fingerprint density at radius 3 is 2.90 bits per heavy atom. The summed E-state index contributed by atoms with van der Waals surface area (Å²) in [7, 11) is 1.25. The lowest BCUT2D eigenvalue weighted by Crippen LogP contribution is -2.03. The van der Waals surface area contributed by atoms with Crippen molar-refractivity contribution >= 4 is 17.3 Å². The van der Waals surface area contributed by atoms with E-state index in [9.17, 15) is 13.6 Å². The van der Waals surface area contributed by atoms with Crippen molar-refractivity contribution < 1.29 is 18.3 Å². The van der Waals surface area contributed by atoms with Crippen molar-refractivity contribution in [2.24, 2.45) is 0 Å². The SMILES string of the molecule is COC(=O)c1[nH]ncc1-c1nc(C(F)F)c(C2CC2)s1. The number of halogens is 2. The van der Waals surface area contributed by atoms with Crippen LogP contribution < -0.4 is 0 Å². The van der Waals surface area contributed by atoms with Crippen LogP contribution in [0, 0.1) is 0 Å². The molecule has 0 unspecified atom stereocenters. The van der Waals surface area contributed by atoms with Gasteiger partial charge in [0.1, 0.15) is 10.7 Å². The quantitative estimate of drug-likeness (QED) is 0.881. The number of nitrogens with zero attached hydrogens (tertiary/aromatic N) is 2. The number of rotatable bonds is 4. The molecule has 0 saturated heterocycles. The first-order valence-electron chi connectivity index (χ1n) is 6.02. The summed E-state index contributed by atoms with van der Waals surface area (Å²) in [6.45, 7) is 0. The van der Waals surface area contributed by atoms with E-state index in [1.165, 1.54) is 24.6 Å². The highest BCUT2D eigenvalue weighted by atomic mass is 32.1. The van der Waals surface area contributed by atoms with Crippen LogP contribution in [0.4, 0.5) is 8.78 Å². The van der Waals surface area contributed by atoms with Gasteiger partial charge in [-0.1, -0.05) is 0 Å². The van der Waals surface area contributed by atoms with E-state index in [1.807, 2.05) is 0 Å². The first kappa shape index (κ1) is 13.2.